The van der Waals surface area contributed by atoms with Crippen LogP contribution in [0, 0.1) is 0 Å². The predicted octanol–water partition coefficient (Wildman–Crippen LogP) is 4.95. The van der Waals surface area contributed by atoms with Crippen molar-refractivity contribution in [3.63, 3.8) is 0 Å². The largest absolute Gasteiger partial charge is 0.371 e. The van der Waals surface area contributed by atoms with E-state index in [9.17, 15) is 0 Å². The van der Waals surface area contributed by atoms with E-state index in [1.807, 2.05) is 0 Å². The first kappa shape index (κ1) is 14.2. The Morgan fingerprint density at radius 2 is 1.60 bits per heavy atom. The number of alkyl halides is 1. The van der Waals surface area contributed by atoms with Gasteiger partial charge in [-0.3, -0.25) is 0 Å². The first-order chi connectivity index (χ1) is 9.78. The van der Waals surface area contributed by atoms with Gasteiger partial charge in [0, 0.05) is 28.6 Å². The molecule has 0 amide bonds. The van der Waals surface area contributed by atoms with Crippen molar-refractivity contribution in [2.24, 2.45) is 0 Å². The van der Waals surface area contributed by atoms with Crippen LogP contribution in [0.3, 0.4) is 0 Å². The molecule has 0 unspecified atom stereocenters. The molecule has 104 valence electrons. The number of anilines is 1. The van der Waals surface area contributed by atoms with E-state index >= 15 is 0 Å². The minimum absolute atomic E-state index is 0.894. The van der Waals surface area contributed by atoms with Gasteiger partial charge in [-0.1, -0.05) is 56.1 Å². The Balaban J connectivity index is 1.87. The lowest BCUT2D eigenvalue weighted by Gasteiger charge is -2.25. The van der Waals surface area contributed by atoms with Gasteiger partial charge in [0.15, 0.2) is 0 Å². The van der Waals surface area contributed by atoms with Crippen molar-refractivity contribution in [1.82, 2.24) is 0 Å². The summed E-state index contributed by atoms with van der Waals surface area (Å²) in [6.07, 6.45) is 2.27. The Bertz CT molecular complexity index is 583. The minimum Gasteiger partial charge on any atom is -0.371 e. The highest BCUT2D eigenvalue weighted by atomic mass is 79.9. The highest BCUT2D eigenvalue weighted by Gasteiger charge is 2.16. The molecule has 0 spiro atoms. The zero-order valence-corrected chi connectivity index (χ0v) is 14.5. The third-order valence-electron chi connectivity index (χ3n) is 3.95. The van der Waals surface area contributed by atoms with E-state index in [-0.39, 0.29) is 0 Å². The zero-order chi connectivity index (χ0) is 13.9. The van der Waals surface area contributed by atoms with Crippen LogP contribution in [-0.2, 0) is 18.2 Å². The highest BCUT2D eigenvalue weighted by Crippen LogP contribution is 2.28. The van der Waals surface area contributed by atoms with E-state index in [1.54, 1.807) is 0 Å². The first-order valence-electron chi connectivity index (χ1n) is 6.94. The van der Waals surface area contributed by atoms with Crippen molar-refractivity contribution < 1.29 is 0 Å². The van der Waals surface area contributed by atoms with Gasteiger partial charge < -0.3 is 4.90 Å². The van der Waals surface area contributed by atoms with Crippen molar-refractivity contribution in [1.29, 1.82) is 0 Å². The van der Waals surface area contributed by atoms with Gasteiger partial charge in [0.05, 0.1) is 0 Å². The van der Waals surface area contributed by atoms with E-state index in [0.29, 0.717) is 0 Å². The van der Waals surface area contributed by atoms with Gasteiger partial charge >= 0.3 is 0 Å². The molecule has 0 fully saturated rings. The Morgan fingerprint density at radius 1 is 0.950 bits per heavy atom. The Kier molecular flexibility index (Phi) is 4.47. The minimum atomic E-state index is 0.894. The van der Waals surface area contributed by atoms with Crippen LogP contribution in [0.25, 0.3) is 0 Å². The van der Waals surface area contributed by atoms with Gasteiger partial charge in [-0.25, -0.2) is 0 Å². The summed E-state index contributed by atoms with van der Waals surface area (Å²) in [5, 5.41) is 0.894. The van der Waals surface area contributed by atoms with E-state index in [2.05, 4.69) is 79.2 Å². The second-order valence-corrected chi connectivity index (χ2v) is 6.64. The third kappa shape index (κ3) is 2.94. The SMILES string of the molecule is BrCc1cc(Br)ccc1N1CCc2ccccc2CC1. The van der Waals surface area contributed by atoms with Crippen LogP contribution in [0.15, 0.2) is 46.9 Å². The maximum Gasteiger partial charge on any atom is 0.0408 e. The van der Waals surface area contributed by atoms with E-state index in [1.165, 1.54) is 22.4 Å². The third-order valence-corrected chi connectivity index (χ3v) is 5.04. The molecule has 0 N–H and O–H groups in total. The smallest absolute Gasteiger partial charge is 0.0408 e. The summed E-state index contributed by atoms with van der Waals surface area (Å²) < 4.78 is 1.15. The van der Waals surface area contributed by atoms with Gasteiger partial charge in [0.25, 0.3) is 0 Å². The van der Waals surface area contributed by atoms with Gasteiger partial charge in [-0.05, 0) is 47.7 Å². The highest BCUT2D eigenvalue weighted by molar-refractivity contribution is 9.10. The van der Waals surface area contributed by atoms with Crippen molar-refractivity contribution >= 4 is 37.5 Å². The predicted molar refractivity (Wildman–Crippen MR) is 92.8 cm³/mol. The summed E-state index contributed by atoms with van der Waals surface area (Å²) in [5.74, 6) is 0. The summed E-state index contributed by atoms with van der Waals surface area (Å²) in [6.45, 7) is 2.19. The lowest BCUT2D eigenvalue weighted by Crippen LogP contribution is -2.26. The number of rotatable bonds is 2. The van der Waals surface area contributed by atoms with Crippen LogP contribution < -0.4 is 4.90 Å². The van der Waals surface area contributed by atoms with Crippen LogP contribution in [0.2, 0.25) is 0 Å². The molecule has 1 heterocycles. The average molecular weight is 395 g/mol. The van der Waals surface area contributed by atoms with Gasteiger partial charge in [-0.15, -0.1) is 0 Å². The molecule has 3 heteroatoms. The monoisotopic (exact) mass is 393 g/mol. The summed E-state index contributed by atoms with van der Waals surface area (Å²) in [4.78, 5) is 2.52. The molecule has 0 saturated heterocycles. The Hall–Kier alpha value is -0.800. The molecule has 0 saturated carbocycles. The summed E-state index contributed by atoms with van der Waals surface area (Å²) in [5.41, 5.74) is 5.73. The van der Waals surface area contributed by atoms with Crippen molar-refractivity contribution in [3.8, 4) is 0 Å². The van der Waals surface area contributed by atoms with Crippen molar-refractivity contribution in [2.75, 3.05) is 18.0 Å². The lowest BCUT2D eigenvalue weighted by atomic mass is 10.0. The number of hydrogen-bond donors (Lipinski definition) is 0. The van der Waals surface area contributed by atoms with Crippen LogP contribution in [-0.4, -0.2) is 13.1 Å². The normalized spacial score (nSPS) is 14.8. The fourth-order valence-corrected chi connectivity index (χ4v) is 3.74. The van der Waals surface area contributed by atoms with Crippen molar-refractivity contribution in [2.45, 2.75) is 18.2 Å². The lowest BCUT2D eigenvalue weighted by molar-refractivity contribution is 0.802. The first-order valence-corrected chi connectivity index (χ1v) is 8.85. The number of hydrogen-bond acceptors (Lipinski definition) is 1. The molecule has 20 heavy (non-hydrogen) atoms. The Morgan fingerprint density at radius 3 is 2.20 bits per heavy atom. The molecule has 3 rings (SSSR count). The topological polar surface area (TPSA) is 3.24 Å². The molecular formula is C17H17Br2N. The van der Waals surface area contributed by atoms with Crippen LogP contribution >= 0.6 is 31.9 Å². The van der Waals surface area contributed by atoms with Crippen molar-refractivity contribution in [3.05, 3.63) is 63.6 Å². The van der Waals surface area contributed by atoms with E-state index < -0.39 is 0 Å². The standard InChI is InChI=1S/C17H17Br2N/c18-12-15-11-16(19)5-6-17(15)20-9-7-13-3-1-2-4-14(13)8-10-20/h1-6,11H,7-10,12H2. The molecule has 0 atom stereocenters. The zero-order valence-electron chi connectivity index (χ0n) is 11.3. The number of halogens is 2. The van der Waals surface area contributed by atoms with Gasteiger partial charge in [-0.2, -0.15) is 0 Å². The van der Waals surface area contributed by atoms with Gasteiger partial charge in [0.1, 0.15) is 0 Å². The summed E-state index contributed by atoms with van der Waals surface area (Å²) in [7, 11) is 0. The molecule has 0 aliphatic carbocycles. The van der Waals surface area contributed by atoms with E-state index in [4.69, 9.17) is 0 Å². The van der Waals surface area contributed by atoms with Crippen LogP contribution in [0.1, 0.15) is 16.7 Å². The second-order valence-electron chi connectivity index (χ2n) is 5.16. The molecular weight excluding hydrogens is 378 g/mol. The quantitative estimate of drug-likeness (QED) is 0.651. The second kappa shape index (κ2) is 6.31. The maximum absolute atomic E-state index is 3.61. The maximum atomic E-state index is 3.61. The Labute approximate surface area is 137 Å². The van der Waals surface area contributed by atoms with Crippen LogP contribution in [0.4, 0.5) is 5.69 Å². The number of nitrogens with zero attached hydrogens (tertiary/aromatic N) is 1. The molecule has 0 bridgehead atoms. The molecule has 2 aromatic carbocycles. The van der Waals surface area contributed by atoms with Crippen LogP contribution in [0.5, 0.6) is 0 Å². The molecule has 0 aromatic heterocycles. The molecule has 1 aliphatic heterocycles. The number of benzene rings is 2. The molecule has 1 aliphatic rings. The number of fused-ring (bicyclic) bond motifs is 1. The fourth-order valence-electron chi connectivity index (χ4n) is 2.88. The molecule has 1 nitrogen and oxygen atoms in total. The average Bonchev–Trinajstić information content (AvgIpc) is 2.70. The molecule has 2 aromatic rings. The van der Waals surface area contributed by atoms with E-state index in [0.717, 1.165) is 35.7 Å². The fraction of sp³-hybridized carbons (Fsp3) is 0.294. The summed E-state index contributed by atoms with van der Waals surface area (Å²) in [6, 6.07) is 15.4. The molecule has 0 radical (unpaired) electrons. The summed E-state index contributed by atoms with van der Waals surface area (Å²) >= 11 is 7.17. The van der Waals surface area contributed by atoms with Gasteiger partial charge in [0.2, 0.25) is 0 Å².